The lowest BCUT2D eigenvalue weighted by Crippen LogP contribution is -2.23. The van der Waals surface area contributed by atoms with E-state index >= 15 is 0 Å². The summed E-state index contributed by atoms with van der Waals surface area (Å²) in [5, 5.41) is 6.48. The zero-order valence-corrected chi connectivity index (χ0v) is 13.3. The third-order valence-corrected chi connectivity index (χ3v) is 3.12. The fraction of sp³-hybridized carbons (Fsp3) is 0.438. The zero-order chi connectivity index (χ0) is 17.0. The average molecular weight is 323 g/mol. The summed E-state index contributed by atoms with van der Waals surface area (Å²) in [7, 11) is 0. The van der Waals surface area contributed by atoms with E-state index in [1.54, 1.807) is 0 Å². The fourth-order valence-electron chi connectivity index (χ4n) is 1.88. The molecule has 124 valence electrons. The van der Waals surface area contributed by atoms with E-state index in [-0.39, 0.29) is 24.3 Å². The molecule has 23 heavy (non-hydrogen) atoms. The van der Waals surface area contributed by atoms with Gasteiger partial charge in [-0.3, -0.25) is 4.79 Å². The van der Waals surface area contributed by atoms with Crippen molar-refractivity contribution in [2.75, 3.05) is 0 Å². The topological polar surface area (TPSA) is 68.0 Å². The lowest BCUT2D eigenvalue weighted by molar-refractivity contribution is -0.121. The average Bonchev–Trinajstić information content (AvgIpc) is 2.91. The lowest BCUT2D eigenvalue weighted by atomic mass is 9.96. The lowest BCUT2D eigenvalue weighted by Gasteiger charge is -2.10. The fourth-order valence-corrected chi connectivity index (χ4v) is 1.88. The first-order chi connectivity index (χ1) is 10.7. The molecule has 0 fully saturated rings. The summed E-state index contributed by atoms with van der Waals surface area (Å²) in [5.41, 5.74) is 0.148. The maximum Gasteiger partial charge on any atom is 0.227 e. The smallest absolute Gasteiger partial charge is 0.227 e. The SMILES string of the molecule is CC(C)(C)c1noc(CCC(=O)NCc2cc(F)cc(F)c2)n1. The Morgan fingerprint density at radius 1 is 1.22 bits per heavy atom. The molecule has 1 N–H and O–H groups in total. The Labute approximate surface area is 133 Å². The summed E-state index contributed by atoms with van der Waals surface area (Å²) in [6, 6.07) is 3.14. The molecular weight excluding hydrogens is 304 g/mol. The van der Waals surface area contributed by atoms with Crippen LogP contribution < -0.4 is 5.32 Å². The molecule has 0 bridgehead atoms. The number of nitrogens with zero attached hydrogens (tertiary/aromatic N) is 2. The molecule has 0 spiro atoms. The highest BCUT2D eigenvalue weighted by Gasteiger charge is 2.21. The molecule has 1 aromatic heterocycles. The van der Waals surface area contributed by atoms with E-state index in [2.05, 4.69) is 15.5 Å². The third kappa shape index (κ3) is 5.12. The van der Waals surface area contributed by atoms with Crippen LogP contribution in [0.5, 0.6) is 0 Å². The largest absolute Gasteiger partial charge is 0.352 e. The number of halogens is 2. The van der Waals surface area contributed by atoms with E-state index in [0.29, 0.717) is 23.7 Å². The van der Waals surface area contributed by atoms with Crippen LogP contribution in [0.4, 0.5) is 8.78 Å². The number of nitrogens with one attached hydrogen (secondary N) is 1. The summed E-state index contributed by atoms with van der Waals surface area (Å²) in [6.07, 6.45) is 0.468. The van der Waals surface area contributed by atoms with E-state index in [9.17, 15) is 13.6 Å². The number of hydrogen-bond donors (Lipinski definition) is 1. The first-order valence-electron chi connectivity index (χ1n) is 7.29. The predicted molar refractivity (Wildman–Crippen MR) is 79.5 cm³/mol. The number of hydrogen-bond acceptors (Lipinski definition) is 4. The van der Waals surface area contributed by atoms with E-state index in [0.717, 1.165) is 6.07 Å². The van der Waals surface area contributed by atoms with Crippen molar-refractivity contribution < 1.29 is 18.1 Å². The second kappa shape index (κ2) is 6.85. The van der Waals surface area contributed by atoms with Crippen molar-refractivity contribution in [2.45, 2.75) is 45.6 Å². The highest BCUT2D eigenvalue weighted by atomic mass is 19.1. The number of aryl methyl sites for hydroxylation is 1. The molecule has 2 rings (SSSR count). The van der Waals surface area contributed by atoms with Crippen LogP contribution in [-0.2, 0) is 23.2 Å². The van der Waals surface area contributed by atoms with E-state index in [1.807, 2.05) is 20.8 Å². The van der Waals surface area contributed by atoms with Crippen LogP contribution in [0.15, 0.2) is 22.7 Å². The Balaban J connectivity index is 1.82. The minimum Gasteiger partial charge on any atom is -0.352 e. The molecule has 0 radical (unpaired) electrons. The molecule has 0 saturated carbocycles. The van der Waals surface area contributed by atoms with Gasteiger partial charge in [0.2, 0.25) is 11.8 Å². The summed E-state index contributed by atoms with van der Waals surface area (Å²) in [4.78, 5) is 16.0. The van der Waals surface area contributed by atoms with Gasteiger partial charge in [0.05, 0.1) is 0 Å². The van der Waals surface area contributed by atoms with Crippen molar-refractivity contribution in [1.82, 2.24) is 15.5 Å². The van der Waals surface area contributed by atoms with Gasteiger partial charge in [-0.1, -0.05) is 25.9 Å². The molecule has 7 heteroatoms. The van der Waals surface area contributed by atoms with Gasteiger partial charge in [-0.05, 0) is 17.7 Å². The van der Waals surface area contributed by atoms with Gasteiger partial charge in [0, 0.05) is 30.9 Å². The molecule has 1 aromatic carbocycles. The first-order valence-corrected chi connectivity index (χ1v) is 7.29. The standard InChI is InChI=1S/C16H19F2N3O2/c1-16(2,3)15-20-14(23-21-15)5-4-13(22)19-9-10-6-11(17)8-12(18)7-10/h6-8H,4-5,9H2,1-3H3,(H,19,22). The minimum atomic E-state index is -0.671. The molecule has 0 atom stereocenters. The van der Waals surface area contributed by atoms with Gasteiger partial charge in [-0.2, -0.15) is 4.98 Å². The predicted octanol–water partition coefficient (Wildman–Crippen LogP) is 2.89. The second-order valence-corrected chi connectivity index (χ2v) is 6.32. The molecule has 0 aliphatic carbocycles. The minimum absolute atomic E-state index is 0.0601. The van der Waals surface area contributed by atoms with E-state index in [1.165, 1.54) is 12.1 Å². The van der Waals surface area contributed by atoms with Gasteiger partial charge < -0.3 is 9.84 Å². The number of amides is 1. The van der Waals surface area contributed by atoms with Crippen LogP contribution in [-0.4, -0.2) is 16.0 Å². The van der Waals surface area contributed by atoms with Gasteiger partial charge in [0.25, 0.3) is 0 Å². The molecule has 1 heterocycles. The summed E-state index contributed by atoms with van der Waals surface area (Å²) < 4.78 is 31.2. The quantitative estimate of drug-likeness (QED) is 0.918. The number of aromatic nitrogens is 2. The molecule has 2 aromatic rings. The third-order valence-electron chi connectivity index (χ3n) is 3.12. The molecule has 0 unspecified atom stereocenters. The van der Waals surface area contributed by atoms with Crippen molar-refractivity contribution in [1.29, 1.82) is 0 Å². The Morgan fingerprint density at radius 2 is 1.87 bits per heavy atom. The zero-order valence-electron chi connectivity index (χ0n) is 13.3. The Bertz CT molecular complexity index is 673. The number of carbonyl (C=O) groups excluding carboxylic acids is 1. The highest BCUT2D eigenvalue weighted by Crippen LogP contribution is 2.18. The highest BCUT2D eigenvalue weighted by molar-refractivity contribution is 5.76. The molecule has 0 aliphatic rings. The summed E-state index contributed by atoms with van der Waals surface area (Å²) in [5.74, 6) is -0.625. The van der Waals surface area contributed by atoms with Crippen LogP contribution >= 0.6 is 0 Å². The van der Waals surface area contributed by atoms with Crippen molar-refractivity contribution in [3.63, 3.8) is 0 Å². The first kappa shape index (κ1) is 17.1. The molecule has 5 nitrogen and oxygen atoms in total. The van der Waals surface area contributed by atoms with Crippen molar-refractivity contribution in [3.05, 3.63) is 47.1 Å². The molecule has 1 amide bonds. The van der Waals surface area contributed by atoms with Gasteiger partial charge in [-0.15, -0.1) is 0 Å². The molecule has 0 aliphatic heterocycles. The van der Waals surface area contributed by atoms with Gasteiger partial charge in [0.1, 0.15) is 11.6 Å². The van der Waals surface area contributed by atoms with Crippen LogP contribution in [0.1, 0.15) is 44.5 Å². The van der Waals surface area contributed by atoms with Crippen LogP contribution in [0.2, 0.25) is 0 Å². The molecular formula is C16H19F2N3O2. The maximum atomic E-state index is 13.0. The van der Waals surface area contributed by atoms with Crippen molar-refractivity contribution in [2.24, 2.45) is 0 Å². The van der Waals surface area contributed by atoms with Gasteiger partial charge in [-0.25, -0.2) is 8.78 Å². The monoisotopic (exact) mass is 323 g/mol. The Hall–Kier alpha value is -2.31. The number of rotatable bonds is 5. The van der Waals surface area contributed by atoms with Crippen LogP contribution in [0, 0.1) is 11.6 Å². The number of carbonyl (C=O) groups is 1. The van der Waals surface area contributed by atoms with E-state index < -0.39 is 11.6 Å². The van der Waals surface area contributed by atoms with Gasteiger partial charge in [0.15, 0.2) is 5.82 Å². The normalized spacial score (nSPS) is 11.5. The second-order valence-electron chi connectivity index (χ2n) is 6.32. The van der Waals surface area contributed by atoms with Gasteiger partial charge >= 0.3 is 0 Å². The maximum absolute atomic E-state index is 13.0. The summed E-state index contributed by atoms with van der Waals surface area (Å²) >= 11 is 0. The van der Waals surface area contributed by atoms with Crippen LogP contribution in [0.3, 0.4) is 0 Å². The van der Waals surface area contributed by atoms with Crippen molar-refractivity contribution >= 4 is 5.91 Å². The van der Waals surface area contributed by atoms with E-state index in [4.69, 9.17) is 4.52 Å². The molecule has 0 saturated heterocycles. The Morgan fingerprint density at radius 3 is 2.43 bits per heavy atom. The Kier molecular flexibility index (Phi) is 5.08. The van der Waals surface area contributed by atoms with Crippen molar-refractivity contribution in [3.8, 4) is 0 Å². The number of benzene rings is 1. The van der Waals surface area contributed by atoms with Crippen LogP contribution in [0.25, 0.3) is 0 Å². The summed E-state index contributed by atoms with van der Waals surface area (Å²) in [6.45, 7) is 5.95.